The summed E-state index contributed by atoms with van der Waals surface area (Å²) in [5.41, 5.74) is 0. The standard InChI is InChI=1S/C84H159NO18/c1-3-5-7-9-11-13-15-17-19-21-23-25-27-28-29-30-31-32-33-34-35-36-37-38-39-40-42-44-46-48-50-52-54-56-58-60-62-72(90)85-67(68(89)61-59-57-55-53-51-49-47-45-43-41-26-24-22-20-18-16-14-12-10-8-6-4-2)66-98-82-78(96)75(93)80(70(64-87)100-82)103-84-79(97)76(94)81(71(65-88)101-84)102-83-77(95)74(92)73(91)69(63-86)99-83/h51,53,59,61,67-71,73-84,86-89,91-97H,3-50,52,54-58,60,62-66H2,1-2H3,(H,85,90)/b53-51+,61-59+. The first-order valence-electron chi connectivity index (χ1n) is 43.1. The molecule has 0 aliphatic carbocycles. The summed E-state index contributed by atoms with van der Waals surface area (Å²) in [5.74, 6) is -0.277. The summed E-state index contributed by atoms with van der Waals surface area (Å²) in [5, 5.41) is 121. The molecule has 17 unspecified atom stereocenters. The van der Waals surface area contributed by atoms with Gasteiger partial charge in [-0.3, -0.25) is 4.79 Å². The third-order valence-corrected chi connectivity index (χ3v) is 21.8. The highest BCUT2D eigenvalue weighted by molar-refractivity contribution is 5.76. The summed E-state index contributed by atoms with van der Waals surface area (Å²) in [4.78, 5) is 13.5. The summed E-state index contributed by atoms with van der Waals surface area (Å²) < 4.78 is 34.5. The minimum Gasteiger partial charge on any atom is -0.394 e. The Kier molecular flexibility index (Phi) is 60.3. The first-order chi connectivity index (χ1) is 50.3. The second-order valence-corrected chi connectivity index (χ2v) is 31.0. The van der Waals surface area contributed by atoms with Crippen LogP contribution in [0, 0.1) is 0 Å². The van der Waals surface area contributed by atoms with Gasteiger partial charge in [-0.2, -0.15) is 0 Å². The topological polar surface area (TPSA) is 307 Å². The molecular weight excluding hydrogens is 1310 g/mol. The van der Waals surface area contributed by atoms with Crippen molar-refractivity contribution >= 4 is 5.91 Å². The van der Waals surface area contributed by atoms with Crippen molar-refractivity contribution in [2.75, 3.05) is 26.4 Å². The predicted octanol–water partition coefficient (Wildman–Crippen LogP) is 15.3. The number of unbranched alkanes of at least 4 members (excludes halogenated alkanes) is 52. The van der Waals surface area contributed by atoms with Gasteiger partial charge < -0.3 is 89.9 Å². The third kappa shape index (κ3) is 44.6. The molecule has 3 aliphatic heterocycles. The number of hydrogen-bond acceptors (Lipinski definition) is 18. The Morgan fingerprint density at radius 3 is 0.971 bits per heavy atom. The van der Waals surface area contributed by atoms with Gasteiger partial charge in [-0.15, -0.1) is 0 Å². The van der Waals surface area contributed by atoms with Crippen LogP contribution < -0.4 is 5.32 Å². The van der Waals surface area contributed by atoms with Crippen LogP contribution in [0.4, 0.5) is 0 Å². The molecule has 0 saturated carbocycles. The highest BCUT2D eigenvalue weighted by Gasteiger charge is 2.54. The fourth-order valence-electron chi connectivity index (χ4n) is 14.9. The number of aliphatic hydroxyl groups is 11. The van der Waals surface area contributed by atoms with E-state index in [4.69, 9.17) is 28.4 Å². The predicted molar refractivity (Wildman–Crippen MR) is 411 cm³/mol. The largest absolute Gasteiger partial charge is 0.394 e. The van der Waals surface area contributed by atoms with Crippen molar-refractivity contribution in [1.82, 2.24) is 5.32 Å². The Labute approximate surface area is 626 Å². The molecule has 0 aromatic carbocycles. The first kappa shape index (κ1) is 95.5. The molecule has 608 valence electrons. The molecule has 0 radical (unpaired) electrons. The van der Waals surface area contributed by atoms with Gasteiger partial charge in [-0.25, -0.2) is 0 Å². The van der Waals surface area contributed by atoms with E-state index in [9.17, 15) is 61.0 Å². The smallest absolute Gasteiger partial charge is 0.220 e. The van der Waals surface area contributed by atoms with Crippen LogP contribution in [0.15, 0.2) is 24.3 Å². The maximum absolute atomic E-state index is 13.5. The molecule has 3 aliphatic rings. The Bertz CT molecular complexity index is 1950. The molecule has 103 heavy (non-hydrogen) atoms. The average Bonchev–Trinajstić information content (AvgIpc) is 0.782. The molecule has 0 aromatic rings. The number of carbonyl (C=O) groups excluding carboxylic acids is 1. The van der Waals surface area contributed by atoms with E-state index in [-0.39, 0.29) is 18.9 Å². The lowest BCUT2D eigenvalue weighted by Crippen LogP contribution is -2.66. The van der Waals surface area contributed by atoms with Gasteiger partial charge in [0.25, 0.3) is 0 Å². The fourth-order valence-corrected chi connectivity index (χ4v) is 14.9. The van der Waals surface area contributed by atoms with Crippen LogP contribution in [0.25, 0.3) is 0 Å². The maximum atomic E-state index is 13.5. The summed E-state index contributed by atoms with van der Waals surface area (Å²) in [7, 11) is 0. The van der Waals surface area contributed by atoms with Gasteiger partial charge in [0.05, 0.1) is 38.6 Å². The number of allylic oxidation sites excluding steroid dienone is 3. The highest BCUT2D eigenvalue weighted by Crippen LogP contribution is 2.33. The van der Waals surface area contributed by atoms with Crippen LogP contribution in [0.5, 0.6) is 0 Å². The lowest BCUT2D eigenvalue weighted by molar-refractivity contribution is -0.379. The van der Waals surface area contributed by atoms with Crippen LogP contribution in [0.2, 0.25) is 0 Å². The van der Waals surface area contributed by atoms with Crippen LogP contribution in [0.3, 0.4) is 0 Å². The number of aliphatic hydroxyl groups excluding tert-OH is 11. The van der Waals surface area contributed by atoms with Crippen LogP contribution in [-0.2, 0) is 33.2 Å². The maximum Gasteiger partial charge on any atom is 0.220 e. The lowest BCUT2D eigenvalue weighted by atomic mass is 9.96. The van der Waals surface area contributed by atoms with Crippen molar-refractivity contribution in [3.05, 3.63) is 24.3 Å². The average molecular weight is 1470 g/mol. The Morgan fingerprint density at radius 1 is 0.340 bits per heavy atom. The van der Waals surface area contributed by atoms with E-state index < -0.39 is 124 Å². The molecule has 0 bridgehead atoms. The second-order valence-electron chi connectivity index (χ2n) is 31.0. The van der Waals surface area contributed by atoms with Crippen molar-refractivity contribution in [3.63, 3.8) is 0 Å². The van der Waals surface area contributed by atoms with Crippen molar-refractivity contribution in [2.24, 2.45) is 0 Å². The van der Waals surface area contributed by atoms with E-state index in [0.29, 0.717) is 12.8 Å². The molecular formula is C84H159NO18. The van der Waals surface area contributed by atoms with Gasteiger partial charge in [0, 0.05) is 6.42 Å². The quantitative estimate of drug-likeness (QED) is 0.0199. The van der Waals surface area contributed by atoms with Gasteiger partial charge in [0.15, 0.2) is 18.9 Å². The van der Waals surface area contributed by atoms with Gasteiger partial charge >= 0.3 is 0 Å². The molecule has 3 fully saturated rings. The van der Waals surface area contributed by atoms with Crippen molar-refractivity contribution in [1.29, 1.82) is 0 Å². The van der Waals surface area contributed by atoms with Crippen molar-refractivity contribution < 1.29 is 89.4 Å². The Hall–Kier alpha value is -1.73. The number of ether oxygens (including phenoxy) is 6. The van der Waals surface area contributed by atoms with Crippen LogP contribution >= 0.6 is 0 Å². The minimum absolute atomic E-state index is 0.241. The number of nitrogens with one attached hydrogen (secondary N) is 1. The summed E-state index contributed by atoms with van der Waals surface area (Å²) in [6.45, 7) is 1.78. The molecule has 3 heterocycles. The fraction of sp³-hybridized carbons (Fsp3) is 0.940. The highest BCUT2D eigenvalue weighted by atomic mass is 16.8. The van der Waals surface area contributed by atoms with Crippen LogP contribution in [-0.4, -0.2) is 193 Å². The third-order valence-electron chi connectivity index (χ3n) is 21.8. The van der Waals surface area contributed by atoms with E-state index in [1.807, 2.05) is 6.08 Å². The molecule has 3 saturated heterocycles. The number of rotatable bonds is 70. The zero-order valence-corrected chi connectivity index (χ0v) is 65.3. The van der Waals surface area contributed by atoms with Crippen molar-refractivity contribution in [2.45, 2.75) is 478 Å². The van der Waals surface area contributed by atoms with Gasteiger partial charge in [0.1, 0.15) is 73.2 Å². The van der Waals surface area contributed by atoms with Gasteiger partial charge in [-0.1, -0.05) is 359 Å². The molecule has 17 atom stereocenters. The van der Waals surface area contributed by atoms with E-state index in [1.165, 1.54) is 302 Å². The molecule has 0 aromatic heterocycles. The number of amides is 1. The molecule has 19 heteroatoms. The zero-order chi connectivity index (χ0) is 74.6. The van der Waals surface area contributed by atoms with E-state index in [2.05, 4.69) is 31.3 Å². The second kappa shape index (κ2) is 65.0. The Balaban J connectivity index is 1.33. The zero-order valence-electron chi connectivity index (χ0n) is 65.3. The molecule has 3 rings (SSSR count). The van der Waals surface area contributed by atoms with E-state index >= 15 is 0 Å². The van der Waals surface area contributed by atoms with Crippen LogP contribution in [0.1, 0.15) is 373 Å². The number of hydrogen-bond donors (Lipinski definition) is 12. The minimum atomic E-state index is -1.98. The molecule has 12 N–H and O–H groups in total. The monoisotopic (exact) mass is 1470 g/mol. The lowest BCUT2D eigenvalue weighted by Gasteiger charge is -2.48. The summed E-state index contributed by atoms with van der Waals surface area (Å²) in [6, 6.07) is -0.988. The van der Waals surface area contributed by atoms with E-state index in [1.54, 1.807) is 6.08 Å². The summed E-state index contributed by atoms with van der Waals surface area (Å²) >= 11 is 0. The first-order valence-corrected chi connectivity index (χ1v) is 43.1. The summed E-state index contributed by atoms with van der Waals surface area (Å²) in [6.07, 6.45) is 53.4. The number of carbonyl (C=O) groups is 1. The Morgan fingerprint density at radius 2 is 0.621 bits per heavy atom. The van der Waals surface area contributed by atoms with Crippen molar-refractivity contribution in [3.8, 4) is 0 Å². The van der Waals surface area contributed by atoms with Gasteiger partial charge in [0.2, 0.25) is 5.91 Å². The molecule has 1 amide bonds. The van der Waals surface area contributed by atoms with Gasteiger partial charge in [-0.05, 0) is 32.1 Å². The SMILES string of the molecule is CCCCCCCCCCCCCCCCCC/C=C/CC/C=C/C(O)C(COC1OC(CO)C(OC2OC(CO)C(OC3OC(CO)C(O)C(O)C3O)C(O)C2O)C(O)C1O)NC(=O)CCCCCCCCCCCCCCCCCCCCCCCCCCCCCCCCCCCCCC. The molecule has 0 spiro atoms. The van der Waals surface area contributed by atoms with E-state index in [0.717, 1.165) is 38.5 Å². The normalized spacial score (nSPS) is 26.1. The molecule has 19 nitrogen and oxygen atoms in total.